The molecule has 2 aromatic rings. The van der Waals surface area contributed by atoms with Crippen LogP contribution in [0.1, 0.15) is 17.7 Å². The number of hydrogen-bond donors (Lipinski definition) is 2. The minimum atomic E-state index is -1.21. The fourth-order valence-electron chi connectivity index (χ4n) is 2.04. The minimum absolute atomic E-state index is 0.351. The van der Waals surface area contributed by atoms with Gasteiger partial charge in [0.05, 0.1) is 10.7 Å². The molecule has 5 nitrogen and oxygen atoms in total. The highest BCUT2D eigenvalue weighted by Crippen LogP contribution is 2.23. The largest absolute Gasteiger partial charge is 0.368 e. The topological polar surface area (TPSA) is 86.9 Å². The Hall–Kier alpha value is -1.85. The van der Waals surface area contributed by atoms with Gasteiger partial charge in [-0.1, -0.05) is 41.9 Å². The van der Waals surface area contributed by atoms with Crippen LogP contribution in [0.25, 0.3) is 0 Å². The predicted octanol–water partition coefficient (Wildman–Crippen LogP) is 1.57. The second kappa shape index (κ2) is 5.64. The first-order valence-corrected chi connectivity index (χ1v) is 6.65. The second-order valence-electron chi connectivity index (χ2n) is 4.78. The Morgan fingerprint density at radius 2 is 2.05 bits per heavy atom. The maximum absolute atomic E-state index is 11.8. The van der Waals surface area contributed by atoms with Crippen molar-refractivity contribution < 1.29 is 4.79 Å². The van der Waals surface area contributed by atoms with Crippen molar-refractivity contribution in [1.82, 2.24) is 9.78 Å². The molecule has 4 N–H and O–H groups in total. The van der Waals surface area contributed by atoms with Crippen molar-refractivity contribution in [2.24, 2.45) is 11.5 Å². The standard InChI is InChI=1S/C14H17ClN4O/c1-10-12(15)9-19(18-10)8-7-14(17,13(16)20)11-5-3-2-4-6-11/h2-6,9H,7-8,17H2,1H3,(H2,16,20). The lowest BCUT2D eigenvalue weighted by atomic mass is 9.87. The highest BCUT2D eigenvalue weighted by Gasteiger charge is 2.33. The van der Waals surface area contributed by atoms with Gasteiger partial charge in [-0.05, 0) is 18.9 Å². The number of nitrogens with zero attached hydrogens (tertiary/aromatic N) is 2. The van der Waals surface area contributed by atoms with E-state index in [4.69, 9.17) is 23.1 Å². The zero-order valence-corrected chi connectivity index (χ0v) is 12.0. The number of benzene rings is 1. The van der Waals surface area contributed by atoms with E-state index in [1.165, 1.54) is 0 Å². The molecule has 106 valence electrons. The molecule has 0 saturated heterocycles. The lowest BCUT2D eigenvalue weighted by Crippen LogP contribution is -2.49. The van der Waals surface area contributed by atoms with E-state index in [-0.39, 0.29) is 0 Å². The molecule has 0 fully saturated rings. The Labute approximate surface area is 122 Å². The molecule has 6 heteroatoms. The van der Waals surface area contributed by atoms with Gasteiger partial charge < -0.3 is 11.5 Å². The van der Waals surface area contributed by atoms with Gasteiger partial charge in [0.15, 0.2) is 0 Å². The number of nitrogens with two attached hydrogens (primary N) is 2. The van der Waals surface area contributed by atoms with Gasteiger partial charge in [-0.25, -0.2) is 0 Å². The van der Waals surface area contributed by atoms with Gasteiger partial charge in [0, 0.05) is 12.7 Å². The summed E-state index contributed by atoms with van der Waals surface area (Å²) in [6.45, 7) is 2.28. The van der Waals surface area contributed by atoms with Crippen molar-refractivity contribution >= 4 is 17.5 Å². The maximum Gasteiger partial charge on any atom is 0.242 e. The number of carbonyl (C=O) groups excluding carboxylic acids is 1. The van der Waals surface area contributed by atoms with Gasteiger partial charge in [-0.3, -0.25) is 9.48 Å². The summed E-state index contributed by atoms with van der Waals surface area (Å²) in [5.41, 5.74) is 11.9. The number of rotatable bonds is 5. The number of amides is 1. The predicted molar refractivity (Wildman–Crippen MR) is 78.1 cm³/mol. The van der Waals surface area contributed by atoms with Gasteiger partial charge in [-0.15, -0.1) is 0 Å². The summed E-state index contributed by atoms with van der Waals surface area (Å²) in [6, 6.07) is 9.11. The average molecular weight is 293 g/mol. The average Bonchev–Trinajstić information content (AvgIpc) is 2.76. The van der Waals surface area contributed by atoms with Gasteiger partial charge >= 0.3 is 0 Å². The minimum Gasteiger partial charge on any atom is -0.368 e. The summed E-state index contributed by atoms with van der Waals surface area (Å²) in [6.07, 6.45) is 2.06. The number of hydrogen-bond acceptors (Lipinski definition) is 3. The Morgan fingerprint density at radius 1 is 1.40 bits per heavy atom. The van der Waals surface area contributed by atoms with Crippen LogP contribution in [0.2, 0.25) is 5.02 Å². The highest BCUT2D eigenvalue weighted by molar-refractivity contribution is 6.31. The van der Waals surface area contributed by atoms with Crippen molar-refractivity contribution in [2.75, 3.05) is 0 Å². The normalized spacial score (nSPS) is 13.9. The van der Waals surface area contributed by atoms with Crippen molar-refractivity contribution in [3.8, 4) is 0 Å². The van der Waals surface area contributed by atoms with Crippen LogP contribution in [-0.4, -0.2) is 15.7 Å². The smallest absolute Gasteiger partial charge is 0.242 e. The Balaban J connectivity index is 2.20. The second-order valence-corrected chi connectivity index (χ2v) is 5.18. The van der Waals surface area contributed by atoms with E-state index in [0.29, 0.717) is 23.6 Å². The summed E-state index contributed by atoms with van der Waals surface area (Å²) >= 11 is 5.95. The fourth-order valence-corrected chi connectivity index (χ4v) is 2.19. The van der Waals surface area contributed by atoms with Crippen LogP contribution in [-0.2, 0) is 16.9 Å². The summed E-state index contributed by atoms with van der Waals surface area (Å²) in [5.74, 6) is -0.557. The number of aromatic nitrogens is 2. The monoisotopic (exact) mass is 292 g/mol. The SMILES string of the molecule is Cc1nn(CCC(N)(C(N)=O)c2ccccc2)cc1Cl. The van der Waals surface area contributed by atoms with Crippen molar-refractivity contribution in [3.05, 3.63) is 52.8 Å². The van der Waals surface area contributed by atoms with E-state index in [9.17, 15) is 4.79 Å². The first kappa shape index (κ1) is 14.6. The molecule has 0 radical (unpaired) electrons. The molecule has 1 unspecified atom stereocenters. The molecule has 1 heterocycles. The lowest BCUT2D eigenvalue weighted by molar-refractivity contribution is -0.123. The Bertz CT molecular complexity index is 591. The third kappa shape index (κ3) is 2.84. The molecule has 20 heavy (non-hydrogen) atoms. The van der Waals surface area contributed by atoms with E-state index in [1.807, 2.05) is 25.1 Å². The first-order chi connectivity index (χ1) is 9.43. The van der Waals surface area contributed by atoms with Crippen LogP contribution >= 0.6 is 11.6 Å². The molecule has 1 aromatic heterocycles. The molecule has 2 rings (SSSR count). The van der Waals surface area contributed by atoms with Crippen molar-refractivity contribution in [1.29, 1.82) is 0 Å². The van der Waals surface area contributed by atoms with E-state index in [0.717, 1.165) is 5.69 Å². The van der Waals surface area contributed by atoms with Crippen molar-refractivity contribution in [3.63, 3.8) is 0 Å². The van der Waals surface area contributed by atoms with Crippen LogP contribution in [0.4, 0.5) is 0 Å². The van der Waals surface area contributed by atoms with Crippen molar-refractivity contribution in [2.45, 2.75) is 25.4 Å². The summed E-state index contributed by atoms with van der Waals surface area (Å²) in [4.78, 5) is 11.8. The van der Waals surface area contributed by atoms with E-state index in [1.54, 1.807) is 23.0 Å². The van der Waals surface area contributed by atoms with Crippen LogP contribution in [0.5, 0.6) is 0 Å². The number of primary amides is 1. The van der Waals surface area contributed by atoms with E-state index >= 15 is 0 Å². The van der Waals surface area contributed by atoms with Crippen LogP contribution in [0.3, 0.4) is 0 Å². The van der Waals surface area contributed by atoms with Crippen LogP contribution in [0, 0.1) is 6.92 Å². The lowest BCUT2D eigenvalue weighted by Gasteiger charge is -2.26. The molecule has 0 aliphatic heterocycles. The van der Waals surface area contributed by atoms with Gasteiger partial charge in [0.25, 0.3) is 0 Å². The summed E-state index contributed by atoms with van der Waals surface area (Å²) in [7, 11) is 0. The van der Waals surface area contributed by atoms with Crippen LogP contribution in [0.15, 0.2) is 36.5 Å². The zero-order chi connectivity index (χ0) is 14.8. The molecule has 0 saturated carbocycles. The molecular formula is C14H17ClN4O. The number of aryl methyl sites for hydroxylation is 2. The molecule has 1 atom stereocenters. The van der Waals surface area contributed by atoms with Gasteiger partial charge in [-0.2, -0.15) is 5.10 Å². The zero-order valence-electron chi connectivity index (χ0n) is 11.2. The van der Waals surface area contributed by atoms with E-state index < -0.39 is 11.4 Å². The van der Waals surface area contributed by atoms with Gasteiger partial charge in [0.1, 0.15) is 5.54 Å². The highest BCUT2D eigenvalue weighted by atomic mass is 35.5. The summed E-state index contributed by atoms with van der Waals surface area (Å²) in [5, 5.41) is 4.83. The fraction of sp³-hybridized carbons (Fsp3) is 0.286. The Morgan fingerprint density at radius 3 is 2.55 bits per heavy atom. The number of carbonyl (C=O) groups is 1. The molecular weight excluding hydrogens is 276 g/mol. The molecule has 0 spiro atoms. The molecule has 1 aromatic carbocycles. The van der Waals surface area contributed by atoms with E-state index in [2.05, 4.69) is 5.10 Å². The van der Waals surface area contributed by atoms with Crippen LogP contribution < -0.4 is 11.5 Å². The number of halogens is 1. The quantitative estimate of drug-likeness (QED) is 0.877. The maximum atomic E-state index is 11.8. The molecule has 0 bridgehead atoms. The molecule has 0 aliphatic carbocycles. The molecule has 0 aliphatic rings. The Kier molecular flexibility index (Phi) is 4.11. The third-order valence-electron chi connectivity index (χ3n) is 3.35. The third-order valence-corrected chi connectivity index (χ3v) is 3.72. The first-order valence-electron chi connectivity index (χ1n) is 6.27. The van der Waals surface area contributed by atoms with Gasteiger partial charge in [0.2, 0.25) is 5.91 Å². The molecule has 1 amide bonds. The summed E-state index contributed by atoms with van der Waals surface area (Å²) < 4.78 is 1.67.